The fraction of sp³-hybridized carbons (Fsp3) is 0.261. The standard InChI is InChI=1S/C23H21ClF2N4O3/c24-22-16(3-1-5-20(22)26)12-28-23(32)29-8-2-4-19(29)13-33-30(14-31)21-10-17-9-18(25)7-6-15(17)11-27-21/h1,3,5-7,9-11,14,19H,2,4,8,12-13H2,(H,28,32)/t19-/m0/s1. The highest BCUT2D eigenvalue weighted by molar-refractivity contribution is 6.31. The Bertz CT molecular complexity index is 1180. The van der Waals surface area contributed by atoms with Gasteiger partial charge in [0.1, 0.15) is 11.6 Å². The summed E-state index contributed by atoms with van der Waals surface area (Å²) in [7, 11) is 0. The molecule has 172 valence electrons. The number of anilines is 1. The molecule has 2 heterocycles. The van der Waals surface area contributed by atoms with Crippen LogP contribution in [0.4, 0.5) is 19.4 Å². The Morgan fingerprint density at radius 1 is 1.27 bits per heavy atom. The smallest absolute Gasteiger partial charge is 0.317 e. The number of rotatable bonds is 7. The molecule has 1 aliphatic rings. The van der Waals surface area contributed by atoms with Gasteiger partial charge < -0.3 is 10.2 Å². The molecule has 0 unspecified atom stereocenters. The predicted octanol–water partition coefficient (Wildman–Crippen LogP) is 4.44. The van der Waals surface area contributed by atoms with Crippen LogP contribution in [0.5, 0.6) is 0 Å². The number of hydrogen-bond acceptors (Lipinski definition) is 4. The zero-order valence-electron chi connectivity index (χ0n) is 17.5. The molecule has 0 saturated carbocycles. The number of fused-ring (bicyclic) bond motifs is 1. The Morgan fingerprint density at radius 2 is 2.12 bits per heavy atom. The number of carbonyl (C=O) groups excluding carboxylic acids is 2. The van der Waals surface area contributed by atoms with Crippen molar-refractivity contribution in [1.82, 2.24) is 15.2 Å². The topological polar surface area (TPSA) is 74.8 Å². The second-order valence-electron chi connectivity index (χ2n) is 7.62. The molecule has 0 radical (unpaired) electrons. The van der Waals surface area contributed by atoms with Crippen molar-refractivity contribution < 1.29 is 23.2 Å². The molecule has 3 aromatic rings. The highest BCUT2D eigenvalue weighted by Gasteiger charge is 2.30. The van der Waals surface area contributed by atoms with E-state index in [1.165, 1.54) is 30.5 Å². The summed E-state index contributed by atoms with van der Waals surface area (Å²) in [5.74, 6) is -0.738. The lowest BCUT2D eigenvalue weighted by Crippen LogP contribution is -2.45. The van der Waals surface area contributed by atoms with Crippen molar-refractivity contribution in [1.29, 1.82) is 0 Å². The minimum atomic E-state index is -0.546. The summed E-state index contributed by atoms with van der Waals surface area (Å²) < 4.78 is 27.1. The van der Waals surface area contributed by atoms with Gasteiger partial charge in [0.05, 0.1) is 17.7 Å². The maximum atomic E-state index is 13.6. The summed E-state index contributed by atoms with van der Waals surface area (Å²) >= 11 is 5.94. The lowest BCUT2D eigenvalue weighted by atomic mass is 10.2. The van der Waals surface area contributed by atoms with Crippen molar-refractivity contribution in [2.24, 2.45) is 0 Å². The van der Waals surface area contributed by atoms with E-state index in [2.05, 4.69) is 10.3 Å². The summed E-state index contributed by atoms with van der Waals surface area (Å²) in [6.45, 7) is 0.665. The maximum absolute atomic E-state index is 13.6. The van der Waals surface area contributed by atoms with E-state index in [4.69, 9.17) is 16.4 Å². The molecule has 1 saturated heterocycles. The highest BCUT2D eigenvalue weighted by atomic mass is 35.5. The van der Waals surface area contributed by atoms with Crippen molar-refractivity contribution in [2.75, 3.05) is 18.2 Å². The van der Waals surface area contributed by atoms with Crippen LogP contribution in [-0.4, -0.2) is 41.5 Å². The van der Waals surface area contributed by atoms with Crippen LogP contribution in [0.25, 0.3) is 10.8 Å². The van der Waals surface area contributed by atoms with Gasteiger partial charge in [0.25, 0.3) is 0 Å². The number of halogens is 3. The molecule has 0 spiro atoms. The number of amides is 3. The Kier molecular flexibility index (Phi) is 7.00. The first-order chi connectivity index (χ1) is 16.0. The molecular formula is C23H21ClF2N4O3. The SMILES string of the molecule is O=CN(OC[C@@H]1CCCN1C(=O)NCc1cccc(F)c1Cl)c1cc2cc(F)ccc2cn1. The number of likely N-dealkylation sites (tertiary alicyclic amines) is 1. The average molecular weight is 475 g/mol. The Hall–Kier alpha value is -3.30. The molecule has 1 fully saturated rings. The van der Waals surface area contributed by atoms with Crippen LogP contribution in [0.2, 0.25) is 5.02 Å². The van der Waals surface area contributed by atoms with E-state index in [0.717, 1.165) is 16.9 Å². The van der Waals surface area contributed by atoms with Gasteiger partial charge in [-0.1, -0.05) is 23.7 Å². The van der Waals surface area contributed by atoms with Crippen molar-refractivity contribution in [3.8, 4) is 0 Å². The van der Waals surface area contributed by atoms with Gasteiger partial charge in [-0.05, 0) is 54.1 Å². The first kappa shape index (κ1) is 22.9. The molecule has 1 aliphatic heterocycles. The molecule has 7 nitrogen and oxygen atoms in total. The van der Waals surface area contributed by atoms with Gasteiger partial charge in [0.2, 0.25) is 6.41 Å². The Labute approximate surface area is 193 Å². The maximum Gasteiger partial charge on any atom is 0.317 e. The monoisotopic (exact) mass is 474 g/mol. The van der Waals surface area contributed by atoms with E-state index in [1.807, 2.05) is 0 Å². The minimum Gasteiger partial charge on any atom is -0.334 e. The van der Waals surface area contributed by atoms with Crippen LogP contribution >= 0.6 is 11.6 Å². The molecule has 0 aliphatic carbocycles. The van der Waals surface area contributed by atoms with Gasteiger partial charge in [-0.2, -0.15) is 5.06 Å². The zero-order valence-corrected chi connectivity index (χ0v) is 18.3. The number of hydroxylamine groups is 1. The molecule has 33 heavy (non-hydrogen) atoms. The van der Waals surface area contributed by atoms with E-state index in [-0.39, 0.29) is 36.1 Å². The number of carbonyl (C=O) groups is 2. The number of pyridine rings is 1. The summed E-state index contributed by atoms with van der Waals surface area (Å²) in [6, 6.07) is 9.64. The zero-order chi connectivity index (χ0) is 23.4. The van der Waals surface area contributed by atoms with E-state index < -0.39 is 11.6 Å². The van der Waals surface area contributed by atoms with Gasteiger partial charge in [-0.15, -0.1) is 0 Å². The molecule has 3 amide bonds. The molecule has 2 aromatic carbocycles. The molecule has 1 atom stereocenters. The van der Waals surface area contributed by atoms with Crippen LogP contribution in [0.3, 0.4) is 0 Å². The first-order valence-corrected chi connectivity index (χ1v) is 10.7. The highest BCUT2D eigenvalue weighted by Crippen LogP contribution is 2.23. The minimum absolute atomic E-state index is 0.0245. The number of benzene rings is 2. The third kappa shape index (κ3) is 5.20. The second kappa shape index (κ2) is 10.1. The number of nitrogens with zero attached hydrogens (tertiary/aromatic N) is 3. The molecule has 4 rings (SSSR count). The average Bonchev–Trinajstić information content (AvgIpc) is 3.28. The lowest BCUT2D eigenvalue weighted by molar-refractivity contribution is -0.114. The van der Waals surface area contributed by atoms with Gasteiger partial charge in [0, 0.05) is 24.7 Å². The Balaban J connectivity index is 1.38. The number of aromatic nitrogens is 1. The van der Waals surface area contributed by atoms with Crippen molar-refractivity contribution >= 4 is 40.6 Å². The lowest BCUT2D eigenvalue weighted by Gasteiger charge is -2.26. The summed E-state index contributed by atoms with van der Waals surface area (Å²) in [5, 5.41) is 4.99. The van der Waals surface area contributed by atoms with E-state index in [1.54, 1.807) is 23.1 Å². The van der Waals surface area contributed by atoms with Gasteiger partial charge >= 0.3 is 6.03 Å². The summed E-state index contributed by atoms with van der Waals surface area (Å²) in [5.41, 5.74) is 0.475. The third-order valence-electron chi connectivity index (χ3n) is 5.50. The normalized spacial score (nSPS) is 15.6. The molecule has 10 heteroatoms. The second-order valence-corrected chi connectivity index (χ2v) is 8.00. The van der Waals surface area contributed by atoms with Crippen LogP contribution in [0, 0.1) is 11.6 Å². The van der Waals surface area contributed by atoms with Crippen LogP contribution in [-0.2, 0) is 16.2 Å². The van der Waals surface area contributed by atoms with E-state index >= 15 is 0 Å². The largest absolute Gasteiger partial charge is 0.334 e. The molecular weight excluding hydrogens is 454 g/mol. The van der Waals surface area contributed by atoms with Gasteiger partial charge in [0.15, 0.2) is 5.82 Å². The van der Waals surface area contributed by atoms with Crippen LogP contribution in [0.15, 0.2) is 48.7 Å². The van der Waals surface area contributed by atoms with E-state index in [0.29, 0.717) is 30.3 Å². The quantitative estimate of drug-likeness (QED) is 0.406. The number of urea groups is 1. The predicted molar refractivity (Wildman–Crippen MR) is 120 cm³/mol. The Morgan fingerprint density at radius 3 is 2.94 bits per heavy atom. The van der Waals surface area contributed by atoms with Crippen molar-refractivity contribution in [3.05, 3.63) is 70.9 Å². The number of hydrogen-bond donors (Lipinski definition) is 1. The van der Waals surface area contributed by atoms with Crippen molar-refractivity contribution in [3.63, 3.8) is 0 Å². The van der Waals surface area contributed by atoms with Gasteiger partial charge in [-0.25, -0.2) is 18.6 Å². The van der Waals surface area contributed by atoms with Crippen LogP contribution in [0.1, 0.15) is 18.4 Å². The number of nitrogens with one attached hydrogen (secondary N) is 1. The van der Waals surface area contributed by atoms with Crippen molar-refractivity contribution in [2.45, 2.75) is 25.4 Å². The third-order valence-corrected chi connectivity index (χ3v) is 5.92. The molecule has 1 N–H and O–H groups in total. The molecule has 1 aromatic heterocycles. The van der Waals surface area contributed by atoms with Gasteiger partial charge in [-0.3, -0.25) is 9.63 Å². The summed E-state index contributed by atoms with van der Waals surface area (Å²) in [6.07, 6.45) is 3.46. The first-order valence-electron chi connectivity index (χ1n) is 10.4. The fourth-order valence-electron chi connectivity index (χ4n) is 3.77. The van der Waals surface area contributed by atoms with Crippen LogP contribution < -0.4 is 10.4 Å². The van der Waals surface area contributed by atoms with E-state index in [9.17, 15) is 18.4 Å². The molecule has 0 bridgehead atoms. The fourth-order valence-corrected chi connectivity index (χ4v) is 3.96. The summed E-state index contributed by atoms with van der Waals surface area (Å²) in [4.78, 5) is 35.7.